The minimum absolute atomic E-state index is 0.214. The second kappa shape index (κ2) is 9.73. The lowest BCUT2D eigenvalue weighted by atomic mass is 10.1. The first-order chi connectivity index (χ1) is 9.26. The molecule has 1 heterocycles. The van der Waals surface area contributed by atoms with E-state index in [1.165, 1.54) is 25.7 Å². The van der Waals surface area contributed by atoms with Gasteiger partial charge in [0, 0.05) is 6.54 Å². The second-order valence-electron chi connectivity index (χ2n) is 4.90. The van der Waals surface area contributed by atoms with Gasteiger partial charge in [-0.05, 0) is 26.3 Å². The lowest BCUT2D eigenvalue weighted by Gasteiger charge is -2.13. The fraction of sp³-hybridized carbons (Fsp3) is 0.733. The van der Waals surface area contributed by atoms with Gasteiger partial charge in [0.25, 0.3) is 0 Å². The van der Waals surface area contributed by atoms with E-state index in [1.54, 1.807) is 12.4 Å². The highest BCUT2D eigenvalue weighted by atomic mass is 16.5. The molecule has 0 saturated carbocycles. The van der Waals surface area contributed by atoms with Crippen molar-refractivity contribution in [3.63, 3.8) is 0 Å². The summed E-state index contributed by atoms with van der Waals surface area (Å²) in [6.45, 7) is 8.10. The first-order valence-corrected chi connectivity index (χ1v) is 7.44. The van der Waals surface area contributed by atoms with Crippen LogP contribution < -0.4 is 10.1 Å². The van der Waals surface area contributed by atoms with Crippen LogP contribution in [0.25, 0.3) is 0 Å². The number of hydrogen-bond acceptors (Lipinski definition) is 4. The molecule has 1 N–H and O–H groups in total. The van der Waals surface area contributed by atoms with Crippen LogP contribution >= 0.6 is 0 Å². The van der Waals surface area contributed by atoms with Gasteiger partial charge in [-0.3, -0.25) is 4.98 Å². The smallest absolute Gasteiger partial charge is 0.232 e. The average Bonchev–Trinajstić information content (AvgIpc) is 2.43. The zero-order chi connectivity index (χ0) is 13.9. The van der Waals surface area contributed by atoms with Crippen molar-refractivity contribution < 1.29 is 4.74 Å². The molecule has 4 heteroatoms. The highest BCUT2D eigenvalue weighted by molar-refractivity contribution is 5.07. The number of ether oxygens (including phenoxy) is 1. The summed E-state index contributed by atoms with van der Waals surface area (Å²) in [6, 6.07) is 0. The van der Waals surface area contributed by atoms with Crippen LogP contribution in [-0.2, 0) is 6.54 Å². The van der Waals surface area contributed by atoms with Crippen molar-refractivity contribution in [1.82, 2.24) is 15.3 Å². The third kappa shape index (κ3) is 7.11. The molecule has 19 heavy (non-hydrogen) atoms. The van der Waals surface area contributed by atoms with Gasteiger partial charge in [0.15, 0.2) is 0 Å². The number of nitrogens with zero attached hydrogens (tertiary/aromatic N) is 2. The first kappa shape index (κ1) is 15.9. The summed E-state index contributed by atoms with van der Waals surface area (Å²) in [5.41, 5.74) is 0.949. The van der Waals surface area contributed by atoms with Crippen molar-refractivity contribution in [3.05, 3.63) is 18.1 Å². The van der Waals surface area contributed by atoms with Crippen molar-refractivity contribution in [1.29, 1.82) is 0 Å². The maximum atomic E-state index is 5.76. The van der Waals surface area contributed by atoms with Crippen molar-refractivity contribution in [2.24, 2.45) is 0 Å². The first-order valence-electron chi connectivity index (χ1n) is 7.44. The van der Waals surface area contributed by atoms with Crippen LogP contribution in [0.3, 0.4) is 0 Å². The third-order valence-corrected chi connectivity index (χ3v) is 3.02. The molecule has 108 valence electrons. The summed E-state index contributed by atoms with van der Waals surface area (Å²) < 4.78 is 5.76. The Labute approximate surface area is 117 Å². The summed E-state index contributed by atoms with van der Waals surface area (Å²) in [4.78, 5) is 8.62. The van der Waals surface area contributed by atoms with Gasteiger partial charge in [-0.2, -0.15) is 0 Å². The number of rotatable bonds is 10. The predicted molar refractivity (Wildman–Crippen MR) is 78.3 cm³/mol. The van der Waals surface area contributed by atoms with Crippen LogP contribution in [0.4, 0.5) is 0 Å². The Kier molecular flexibility index (Phi) is 8.14. The highest BCUT2D eigenvalue weighted by Gasteiger charge is 2.05. The molecule has 0 saturated heterocycles. The van der Waals surface area contributed by atoms with E-state index in [0.29, 0.717) is 5.88 Å². The van der Waals surface area contributed by atoms with Crippen molar-refractivity contribution in [2.45, 2.75) is 65.5 Å². The van der Waals surface area contributed by atoms with Gasteiger partial charge in [-0.1, -0.05) is 33.1 Å². The summed E-state index contributed by atoms with van der Waals surface area (Å²) in [5, 5.41) is 3.22. The molecule has 0 aliphatic heterocycles. The monoisotopic (exact) mass is 265 g/mol. The van der Waals surface area contributed by atoms with Crippen LogP contribution in [0.1, 0.15) is 58.6 Å². The Bertz CT molecular complexity index is 327. The Hall–Kier alpha value is -1.16. The van der Waals surface area contributed by atoms with Crippen molar-refractivity contribution in [3.8, 4) is 5.88 Å². The summed E-state index contributed by atoms with van der Waals surface area (Å²) in [5.74, 6) is 0.628. The fourth-order valence-corrected chi connectivity index (χ4v) is 1.87. The molecule has 4 nitrogen and oxygen atoms in total. The van der Waals surface area contributed by atoms with Gasteiger partial charge in [0.2, 0.25) is 5.88 Å². The average molecular weight is 265 g/mol. The number of hydrogen-bond donors (Lipinski definition) is 1. The standard InChI is InChI=1S/C15H27N3O/c1-4-6-7-8-9-13(3)19-15-12-17-14(11-18-15)10-16-5-2/h11-13,16H,4-10H2,1-3H3. The van der Waals surface area contributed by atoms with Crippen molar-refractivity contribution in [2.75, 3.05) is 6.54 Å². The van der Waals surface area contributed by atoms with Crippen LogP contribution in [0.2, 0.25) is 0 Å². The van der Waals surface area contributed by atoms with Crippen LogP contribution in [0.5, 0.6) is 5.88 Å². The summed E-state index contributed by atoms with van der Waals surface area (Å²) >= 11 is 0. The molecular weight excluding hydrogens is 238 g/mol. The van der Waals surface area contributed by atoms with Gasteiger partial charge < -0.3 is 10.1 Å². The fourth-order valence-electron chi connectivity index (χ4n) is 1.87. The maximum Gasteiger partial charge on any atom is 0.232 e. The lowest BCUT2D eigenvalue weighted by molar-refractivity contribution is 0.197. The Morgan fingerprint density at radius 2 is 2.00 bits per heavy atom. The largest absolute Gasteiger partial charge is 0.474 e. The molecule has 0 spiro atoms. The van der Waals surface area contributed by atoms with Crippen LogP contribution in [0, 0.1) is 0 Å². The summed E-state index contributed by atoms with van der Waals surface area (Å²) in [7, 11) is 0. The van der Waals surface area contributed by atoms with E-state index in [2.05, 4.69) is 36.1 Å². The third-order valence-electron chi connectivity index (χ3n) is 3.02. The van der Waals surface area contributed by atoms with E-state index in [-0.39, 0.29) is 6.10 Å². The molecule has 0 fully saturated rings. The molecule has 1 aromatic rings. The van der Waals surface area contributed by atoms with Crippen LogP contribution in [0.15, 0.2) is 12.4 Å². The number of nitrogens with one attached hydrogen (secondary N) is 1. The Morgan fingerprint density at radius 1 is 1.16 bits per heavy atom. The zero-order valence-electron chi connectivity index (χ0n) is 12.5. The Morgan fingerprint density at radius 3 is 2.63 bits per heavy atom. The molecule has 1 rings (SSSR count). The lowest BCUT2D eigenvalue weighted by Crippen LogP contribution is -2.15. The molecule has 1 aromatic heterocycles. The van der Waals surface area contributed by atoms with Gasteiger partial charge in [-0.15, -0.1) is 0 Å². The topological polar surface area (TPSA) is 47.0 Å². The molecule has 0 bridgehead atoms. The number of unbranched alkanes of at least 4 members (excludes halogenated alkanes) is 3. The molecular formula is C15H27N3O. The normalized spacial score (nSPS) is 12.4. The van der Waals surface area contributed by atoms with E-state index in [1.807, 2.05) is 0 Å². The molecule has 0 aromatic carbocycles. The summed E-state index contributed by atoms with van der Waals surface area (Å²) in [6.07, 6.45) is 9.89. The van der Waals surface area contributed by atoms with E-state index < -0.39 is 0 Å². The van der Waals surface area contributed by atoms with Gasteiger partial charge >= 0.3 is 0 Å². The predicted octanol–water partition coefficient (Wildman–Crippen LogP) is 3.32. The minimum atomic E-state index is 0.214. The molecule has 1 unspecified atom stereocenters. The maximum absolute atomic E-state index is 5.76. The molecule has 1 atom stereocenters. The molecule has 0 radical (unpaired) electrons. The Balaban J connectivity index is 2.27. The van der Waals surface area contributed by atoms with Crippen molar-refractivity contribution >= 4 is 0 Å². The number of aromatic nitrogens is 2. The van der Waals surface area contributed by atoms with Gasteiger partial charge in [0.05, 0.1) is 24.2 Å². The van der Waals surface area contributed by atoms with Gasteiger partial charge in [-0.25, -0.2) is 4.98 Å². The second-order valence-corrected chi connectivity index (χ2v) is 4.90. The quantitative estimate of drug-likeness (QED) is 0.659. The zero-order valence-corrected chi connectivity index (χ0v) is 12.5. The SMILES string of the molecule is CCCCCCC(C)Oc1cnc(CNCC)cn1. The van der Waals surface area contributed by atoms with E-state index in [4.69, 9.17) is 4.74 Å². The van der Waals surface area contributed by atoms with Crippen LogP contribution in [-0.4, -0.2) is 22.6 Å². The van der Waals surface area contributed by atoms with Gasteiger partial charge in [0.1, 0.15) is 0 Å². The highest BCUT2D eigenvalue weighted by Crippen LogP contribution is 2.12. The van der Waals surface area contributed by atoms with E-state index >= 15 is 0 Å². The van der Waals surface area contributed by atoms with E-state index in [0.717, 1.165) is 25.2 Å². The molecule has 0 amide bonds. The van der Waals surface area contributed by atoms with E-state index in [9.17, 15) is 0 Å². The minimum Gasteiger partial charge on any atom is -0.474 e. The molecule has 0 aliphatic rings. The molecule has 0 aliphatic carbocycles.